The first kappa shape index (κ1) is 37.4. The van der Waals surface area contributed by atoms with Crippen LogP contribution in [0.5, 0.6) is 0 Å². The Morgan fingerprint density at radius 2 is 0.538 bits per heavy atom. The van der Waals surface area contributed by atoms with E-state index in [1.54, 1.807) is 0 Å². The number of hydrogen-bond acceptors (Lipinski definition) is 2. The third kappa shape index (κ3) is 6.02. The molecule has 0 saturated heterocycles. The SMILES string of the molecule is CC1(C)c2c(ccc3cc(N(c4ccc5ccccc5c4)c4ccc5ccccc5c4)ccc23)-c2ccc3ccc(N(c4ccc5ccccc5c4)c4ccc5ccccc5c4)cc3c21. The van der Waals surface area contributed by atoms with Crippen LogP contribution in [0.2, 0.25) is 0 Å². The van der Waals surface area contributed by atoms with Crippen molar-refractivity contribution in [3.63, 3.8) is 0 Å². The van der Waals surface area contributed by atoms with Crippen molar-refractivity contribution in [1.29, 1.82) is 0 Å². The molecule has 0 saturated carbocycles. The fourth-order valence-corrected chi connectivity index (χ4v) is 11.0. The average Bonchev–Trinajstić information content (AvgIpc) is 3.60. The molecule has 12 aromatic carbocycles. The van der Waals surface area contributed by atoms with Crippen molar-refractivity contribution in [2.24, 2.45) is 0 Å². The number of benzene rings is 12. The predicted octanol–water partition coefficient (Wildman–Crippen LogP) is 17.9. The molecule has 0 atom stereocenters. The van der Waals surface area contributed by atoms with E-state index in [2.05, 4.69) is 254 Å². The molecule has 0 aromatic heterocycles. The Kier molecular flexibility index (Phi) is 8.29. The van der Waals surface area contributed by atoms with Crippen molar-refractivity contribution in [3.05, 3.63) is 242 Å². The summed E-state index contributed by atoms with van der Waals surface area (Å²) in [5.74, 6) is 0. The summed E-state index contributed by atoms with van der Waals surface area (Å²) in [5, 5.41) is 14.9. The summed E-state index contributed by atoms with van der Waals surface area (Å²) >= 11 is 0. The van der Waals surface area contributed by atoms with E-state index in [1.165, 1.54) is 86.9 Å². The zero-order valence-corrected chi connectivity index (χ0v) is 36.3. The Morgan fingerprint density at radius 3 is 0.954 bits per heavy atom. The van der Waals surface area contributed by atoms with Gasteiger partial charge in [0.25, 0.3) is 0 Å². The largest absolute Gasteiger partial charge is 0.310 e. The maximum atomic E-state index is 2.44. The molecular formula is C63H44N2. The Balaban J connectivity index is 0.956. The van der Waals surface area contributed by atoms with Gasteiger partial charge in [-0.15, -0.1) is 0 Å². The van der Waals surface area contributed by atoms with E-state index in [0.717, 1.165) is 34.1 Å². The lowest BCUT2D eigenvalue weighted by Gasteiger charge is -2.29. The molecule has 0 aliphatic heterocycles. The van der Waals surface area contributed by atoms with Crippen molar-refractivity contribution in [2.75, 3.05) is 9.80 Å². The second-order valence-electron chi connectivity index (χ2n) is 18.2. The van der Waals surface area contributed by atoms with E-state index in [-0.39, 0.29) is 5.41 Å². The Morgan fingerprint density at radius 1 is 0.246 bits per heavy atom. The third-order valence-corrected chi connectivity index (χ3v) is 14.0. The highest BCUT2D eigenvalue weighted by Crippen LogP contribution is 2.55. The molecule has 2 heteroatoms. The molecule has 2 nitrogen and oxygen atoms in total. The number of hydrogen-bond donors (Lipinski definition) is 0. The molecule has 306 valence electrons. The normalized spacial score (nSPS) is 12.9. The average molecular weight is 829 g/mol. The molecule has 0 heterocycles. The first-order valence-corrected chi connectivity index (χ1v) is 22.7. The van der Waals surface area contributed by atoms with Gasteiger partial charge >= 0.3 is 0 Å². The highest BCUT2D eigenvalue weighted by atomic mass is 15.1. The van der Waals surface area contributed by atoms with E-state index in [4.69, 9.17) is 0 Å². The number of rotatable bonds is 6. The summed E-state index contributed by atoms with van der Waals surface area (Å²) in [5.41, 5.74) is 12.0. The van der Waals surface area contributed by atoms with Crippen molar-refractivity contribution in [2.45, 2.75) is 19.3 Å². The molecule has 65 heavy (non-hydrogen) atoms. The van der Waals surface area contributed by atoms with Crippen LogP contribution in [0.1, 0.15) is 25.0 Å². The molecule has 0 bridgehead atoms. The van der Waals surface area contributed by atoms with Gasteiger partial charge in [-0.3, -0.25) is 0 Å². The Bertz CT molecular complexity index is 3740. The number of nitrogens with zero attached hydrogens (tertiary/aromatic N) is 2. The summed E-state index contributed by atoms with van der Waals surface area (Å²) in [6.45, 7) is 4.86. The molecule has 12 aromatic rings. The molecule has 0 unspecified atom stereocenters. The maximum Gasteiger partial charge on any atom is 0.0468 e. The van der Waals surface area contributed by atoms with Crippen molar-refractivity contribution in [3.8, 4) is 11.1 Å². The van der Waals surface area contributed by atoms with E-state index in [9.17, 15) is 0 Å². The number of anilines is 6. The van der Waals surface area contributed by atoms with Crippen LogP contribution in [-0.2, 0) is 5.41 Å². The van der Waals surface area contributed by atoms with Gasteiger partial charge in [-0.1, -0.05) is 172 Å². The molecule has 0 amide bonds. The van der Waals surface area contributed by atoms with Crippen LogP contribution in [0.25, 0.3) is 75.8 Å². The second kappa shape index (κ2) is 14.4. The van der Waals surface area contributed by atoms with Crippen LogP contribution >= 0.6 is 0 Å². The van der Waals surface area contributed by atoms with Crippen LogP contribution in [0.15, 0.2) is 231 Å². The van der Waals surface area contributed by atoms with Crippen LogP contribution in [-0.4, -0.2) is 0 Å². The van der Waals surface area contributed by atoms with E-state index < -0.39 is 0 Å². The highest BCUT2D eigenvalue weighted by molar-refractivity contribution is 6.06. The highest BCUT2D eigenvalue weighted by Gasteiger charge is 2.38. The lowest BCUT2D eigenvalue weighted by Crippen LogP contribution is -2.16. The molecule has 0 spiro atoms. The fraction of sp³-hybridized carbons (Fsp3) is 0.0476. The summed E-state index contributed by atoms with van der Waals surface area (Å²) in [4.78, 5) is 4.85. The first-order valence-electron chi connectivity index (χ1n) is 22.7. The van der Waals surface area contributed by atoms with Gasteiger partial charge in [-0.2, -0.15) is 0 Å². The van der Waals surface area contributed by atoms with Gasteiger partial charge in [0, 0.05) is 39.5 Å². The molecule has 0 N–H and O–H groups in total. The zero-order chi connectivity index (χ0) is 43.2. The number of fused-ring (bicyclic) bond motifs is 11. The Hall–Kier alpha value is -8.20. The topological polar surface area (TPSA) is 6.48 Å². The lowest BCUT2D eigenvalue weighted by molar-refractivity contribution is 0.672. The van der Waals surface area contributed by atoms with Crippen molar-refractivity contribution >= 4 is 98.8 Å². The van der Waals surface area contributed by atoms with Crippen LogP contribution < -0.4 is 9.80 Å². The lowest BCUT2D eigenvalue weighted by atomic mass is 9.78. The molecule has 1 aliphatic rings. The molecule has 1 aliphatic carbocycles. The van der Waals surface area contributed by atoms with Gasteiger partial charge in [0.2, 0.25) is 0 Å². The van der Waals surface area contributed by atoms with Crippen molar-refractivity contribution in [1.82, 2.24) is 0 Å². The van der Waals surface area contributed by atoms with Crippen molar-refractivity contribution < 1.29 is 0 Å². The first-order chi connectivity index (χ1) is 31.9. The van der Waals surface area contributed by atoms with Crippen LogP contribution in [0.4, 0.5) is 34.1 Å². The summed E-state index contributed by atoms with van der Waals surface area (Å²) in [6.07, 6.45) is 0. The van der Waals surface area contributed by atoms with Crippen LogP contribution in [0, 0.1) is 0 Å². The van der Waals surface area contributed by atoms with Gasteiger partial charge in [-0.25, -0.2) is 0 Å². The van der Waals surface area contributed by atoms with Gasteiger partial charge in [0.15, 0.2) is 0 Å². The minimum Gasteiger partial charge on any atom is -0.310 e. The summed E-state index contributed by atoms with van der Waals surface area (Å²) in [7, 11) is 0. The van der Waals surface area contributed by atoms with Gasteiger partial charge < -0.3 is 9.80 Å². The molecule has 13 rings (SSSR count). The van der Waals surface area contributed by atoms with Gasteiger partial charge in [-0.05, 0) is 160 Å². The fourth-order valence-electron chi connectivity index (χ4n) is 11.0. The van der Waals surface area contributed by atoms with Gasteiger partial charge in [0.05, 0.1) is 0 Å². The zero-order valence-electron chi connectivity index (χ0n) is 36.3. The monoisotopic (exact) mass is 828 g/mol. The maximum absolute atomic E-state index is 2.44. The standard InChI is InChI=1S/C63H44N2/c1-63(2)61-57-34-31-55(64(51-26-19-41-11-3-7-15-46(41)35-51)52-27-20-42-12-4-8-16-47(42)36-52)39-50(57)25-33-58(61)59-32-24-45-23-30-56(40-60(45)62(59)63)65(53-28-21-43-13-5-9-17-48(43)37-53)54-29-22-44-14-6-10-18-49(44)38-54/h3-40H,1-2H3. The molecule has 0 radical (unpaired) electrons. The van der Waals surface area contributed by atoms with Gasteiger partial charge in [0.1, 0.15) is 0 Å². The quantitative estimate of drug-likeness (QED) is 0.165. The summed E-state index contributed by atoms with van der Waals surface area (Å²) in [6, 6.07) is 85.4. The summed E-state index contributed by atoms with van der Waals surface area (Å²) < 4.78 is 0. The third-order valence-electron chi connectivity index (χ3n) is 14.0. The smallest absolute Gasteiger partial charge is 0.0468 e. The van der Waals surface area contributed by atoms with Crippen LogP contribution in [0.3, 0.4) is 0 Å². The van der Waals surface area contributed by atoms with E-state index in [1.807, 2.05) is 0 Å². The minimum absolute atomic E-state index is 0.267. The molecule has 0 fully saturated rings. The molecular weight excluding hydrogens is 785 g/mol. The Labute approximate surface area is 378 Å². The van der Waals surface area contributed by atoms with E-state index in [0.29, 0.717) is 0 Å². The predicted molar refractivity (Wildman–Crippen MR) is 278 cm³/mol. The second-order valence-corrected chi connectivity index (χ2v) is 18.2. The minimum atomic E-state index is -0.267. The van der Waals surface area contributed by atoms with E-state index >= 15 is 0 Å².